The molecule has 0 atom stereocenters. The lowest BCUT2D eigenvalue weighted by molar-refractivity contribution is 0.101. The van der Waals surface area contributed by atoms with Crippen molar-refractivity contribution in [3.05, 3.63) is 71.3 Å². The number of nitrogens with zero attached hydrogens (tertiary/aromatic N) is 3. The Hall–Kier alpha value is -3.16. The van der Waals surface area contributed by atoms with E-state index in [0.717, 1.165) is 57.5 Å². The molecule has 2 aromatic carbocycles. The van der Waals surface area contributed by atoms with E-state index in [-0.39, 0.29) is 16.9 Å². The minimum absolute atomic E-state index is 0.0870. The van der Waals surface area contributed by atoms with E-state index in [0.29, 0.717) is 17.9 Å². The molecule has 1 aliphatic heterocycles. The number of Topliss-reactive ketones (excluding diaryl/α,β-unsaturated/α-hetero) is 1. The first-order valence-corrected chi connectivity index (χ1v) is 11.5. The number of hydrogen-bond acceptors (Lipinski definition) is 7. The first kappa shape index (κ1) is 23.0. The molecule has 174 valence electrons. The van der Waals surface area contributed by atoms with Crippen LogP contribution in [-0.2, 0) is 6.54 Å². The largest absolute Gasteiger partial charge is 0.493 e. The Kier molecular flexibility index (Phi) is 7.75. The molecule has 7 nitrogen and oxygen atoms in total. The average Bonchev–Trinajstić information content (AvgIpc) is 2.84. The van der Waals surface area contributed by atoms with Gasteiger partial charge in [0.05, 0.1) is 12.2 Å². The van der Waals surface area contributed by atoms with E-state index in [1.165, 1.54) is 12.5 Å². The number of carbonyl (C=O) groups is 1. The second-order valence-corrected chi connectivity index (χ2v) is 8.48. The van der Waals surface area contributed by atoms with Gasteiger partial charge in [-0.3, -0.25) is 9.69 Å². The molecule has 3 aromatic rings. The standard InChI is InChI=1S/C26H31N3O4/c1-20(30)24-17-22-9-10-23(18-25(22)33-26(24)27-31)32-16-6-5-11-28-12-14-29(15-13-28)19-21-7-3-2-4-8-21/h2-4,7-10,17-18,31H,5-6,11-16,19H2,1H3. The number of unbranched alkanes of at least 4 members (excludes halogenated alkanes) is 1. The summed E-state index contributed by atoms with van der Waals surface area (Å²) in [5.74, 6) is 0.478. The fourth-order valence-corrected chi connectivity index (χ4v) is 4.16. The van der Waals surface area contributed by atoms with E-state index in [4.69, 9.17) is 14.4 Å². The molecule has 0 aliphatic carbocycles. The van der Waals surface area contributed by atoms with E-state index < -0.39 is 0 Å². The summed E-state index contributed by atoms with van der Waals surface area (Å²) in [4.78, 5) is 16.7. The highest BCUT2D eigenvalue weighted by molar-refractivity contribution is 5.96. The molecule has 33 heavy (non-hydrogen) atoms. The Morgan fingerprint density at radius 2 is 1.79 bits per heavy atom. The van der Waals surface area contributed by atoms with E-state index in [1.54, 1.807) is 12.1 Å². The monoisotopic (exact) mass is 449 g/mol. The third-order valence-electron chi connectivity index (χ3n) is 6.04. The summed E-state index contributed by atoms with van der Waals surface area (Å²) in [6, 6.07) is 17.8. The van der Waals surface area contributed by atoms with Crippen LogP contribution in [0.2, 0.25) is 0 Å². The van der Waals surface area contributed by atoms with Gasteiger partial charge < -0.3 is 19.3 Å². The molecule has 1 aliphatic rings. The molecule has 0 spiro atoms. The van der Waals surface area contributed by atoms with Crippen LogP contribution in [0.4, 0.5) is 0 Å². The van der Waals surface area contributed by atoms with Crippen molar-refractivity contribution in [2.24, 2.45) is 5.16 Å². The van der Waals surface area contributed by atoms with Crippen molar-refractivity contribution >= 4 is 16.8 Å². The summed E-state index contributed by atoms with van der Waals surface area (Å²) in [6.07, 6.45) is 2.06. The molecular weight excluding hydrogens is 418 g/mol. The van der Waals surface area contributed by atoms with Crippen molar-refractivity contribution in [3.63, 3.8) is 0 Å². The van der Waals surface area contributed by atoms with Crippen LogP contribution in [0.3, 0.4) is 0 Å². The van der Waals surface area contributed by atoms with Gasteiger partial charge in [0.2, 0.25) is 0 Å². The number of ether oxygens (including phenoxy) is 1. The number of rotatable bonds is 9. The van der Waals surface area contributed by atoms with Crippen molar-refractivity contribution in [1.29, 1.82) is 0 Å². The first-order valence-electron chi connectivity index (χ1n) is 11.5. The highest BCUT2D eigenvalue weighted by atomic mass is 16.5. The summed E-state index contributed by atoms with van der Waals surface area (Å²) in [6.45, 7) is 8.60. The quantitative estimate of drug-likeness (QED) is 0.231. The summed E-state index contributed by atoms with van der Waals surface area (Å²) in [5.41, 5.74) is 2.06. The molecule has 1 aromatic heterocycles. The number of fused-ring (bicyclic) bond motifs is 1. The van der Waals surface area contributed by atoms with Gasteiger partial charge in [-0.05, 0) is 55.2 Å². The fraction of sp³-hybridized carbons (Fsp3) is 0.385. The predicted molar refractivity (Wildman–Crippen MR) is 126 cm³/mol. The van der Waals surface area contributed by atoms with Crippen molar-refractivity contribution in [2.45, 2.75) is 26.3 Å². The zero-order chi connectivity index (χ0) is 23.0. The van der Waals surface area contributed by atoms with Gasteiger partial charge in [-0.25, -0.2) is 0 Å². The maximum Gasteiger partial charge on any atom is 0.266 e. The minimum Gasteiger partial charge on any atom is -0.493 e. The van der Waals surface area contributed by atoms with Crippen LogP contribution in [-0.4, -0.2) is 60.1 Å². The molecule has 0 radical (unpaired) electrons. The zero-order valence-electron chi connectivity index (χ0n) is 19.1. The number of hydrogen-bond donors (Lipinski definition) is 1. The van der Waals surface area contributed by atoms with Crippen LogP contribution in [0, 0.1) is 0 Å². The Bertz CT molecular complexity index is 1140. The molecule has 1 saturated heterocycles. The smallest absolute Gasteiger partial charge is 0.266 e. The van der Waals surface area contributed by atoms with Gasteiger partial charge in [0, 0.05) is 44.2 Å². The summed E-state index contributed by atoms with van der Waals surface area (Å²) >= 11 is 0. The summed E-state index contributed by atoms with van der Waals surface area (Å²) in [5, 5.41) is 13.0. The topological polar surface area (TPSA) is 78.5 Å². The van der Waals surface area contributed by atoms with Crippen molar-refractivity contribution in [2.75, 3.05) is 39.3 Å². The zero-order valence-corrected chi connectivity index (χ0v) is 19.1. The Balaban J connectivity index is 1.19. The number of carbonyl (C=O) groups excluding carboxylic acids is 1. The number of ketones is 1. The van der Waals surface area contributed by atoms with Crippen LogP contribution >= 0.6 is 0 Å². The second kappa shape index (κ2) is 11.1. The lowest BCUT2D eigenvalue weighted by atomic mass is 10.1. The normalized spacial score (nSPS) is 15.7. The maximum absolute atomic E-state index is 11.7. The van der Waals surface area contributed by atoms with E-state index >= 15 is 0 Å². The van der Waals surface area contributed by atoms with Gasteiger partial charge in [0.25, 0.3) is 5.55 Å². The van der Waals surface area contributed by atoms with Crippen molar-refractivity contribution in [1.82, 2.24) is 9.80 Å². The average molecular weight is 450 g/mol. The molecule has 0 saturated carbocycles. The van der Waals surface area contributed by atoms with Crippen LogP contribution in [0.15, 0.2) is 64.2 Å². The molecule has 0 unspecified atom stereocenters. The van der Waals surface area contributed by atoms with Gasteiger partial charge in [-0.15, -0.1) is 0 Å². The molecule has 7 heteroatoms. The van der Waals surface area contributed by atoms with Gasteiger partial charge >= 0.3 is 0 Å². The molecular formula is C26H31N3O4. The summed E-state index contributed by atoms with van der Waals surface area (Å²) in [7, 11) is 0. The second-order valence-electron chi connectivity index (χ2n) is 8.48. The van der Waals surface area contributed by atoms with Crippen LogP contribution < -0.4 is 10.3 Å². The molecule has 2 heterocycles. The molecule has 0 bridgehead atoms. The molecule has 1 fully saturated rings. The van der Waals surface area contributed by atoms with Crippen LogP contribution in [0.25, 0.3) is 11.0 Å². The lowest BCUT2D eigenvalue weighted by Crippen LogP contribution is -2.46. The lowest BCUT2D eigenvalue weighted by Gasteiger charge is -2.34. The van der Waals surface area contributed by atoms with Gasteiger partial charge in [-0.2, -0.15) is 0 Å². The molecule has 1 N–H and O–H groups in total. The minimum atomic E-state index is -0.216. The fourth-order valence-electron chi connectivity index (χ4n) is 4.16. The van der Waals surface area contributed by atoms with Gasteiger partial charge in [0.15, 0.2) is 5.78 Å². The van der Waals surface area contributed by atoms with E-state index in [1.807, 2.05) is 12.1 Å². The first-order chi connectivity index (χ1) is 16.1. The van der Waals surface area contributed by atoms with Crippen molar-refractivity contribution < 1.29 is 19.2 Å². The highest BCUT2D eigenvalue weighted by Crippen LogP contribution is 2.21. The Labute approximate surface area is 193 Å². The van der Waals surface area contributed by atoms with Gasteiger partial charge in [0.1, 0.15) is 11.3 Å². The molecule has 4 rings (SSSR count). The maximum atomic E-state index is 11.7. The van der Waals surface area contributed by atoms with Crippen molar-refractivity contribution in [3.8, 4) is 5.75 Å². The summed E-state index contributed by atoms with van der Waals surface area (Å²) < 4.78 is 11.5. The number of piperazine rings is 1. The van der Waals surface area contributed by atoms with E-state index in [2.05, 4.69) is 45.3 Å². The highest BCUT2D eigenvalue weighted by Gasteiger charge is 2.16. The van der Waals surface area contributed by atoms with Crippen LogP contribution in [0.1, 0.15) is 35.7 Å². The van der Waals surface area contributed by atoms with Gasteiger partial charge in [-0.1, -0.05) is 30.3 Å². The third-order valence-corrected chi connectivity index (χ3v) is 6.04. The van der Waals surface area contributed by atoms with Crippen LogP contribution in [0.5, 0.6) is 5.75 Å². The molecule has 0 amide bonds. The van der Waals surface area contributed by atoms with E-state index in [9.17, 15) is 4.79 Å². The Morgan fingerprint density at radius 3 is 2.52 bits per heavy atom. The predicted octanol–water partition coefficient (Wildman–Crippen LogP) is 3.90. The Morgan fingerprint density at radius 1 is 1.03 bits per heavy atom. The number of benzene rings is 2. The third kappa shape index (κ3) is 6.21. The SMILES string of the molecule is CC(=O)c1cc2ccc(OCCCCN3CCN(Cc4ccccc4)CC3)cc2oc1=NO.